The molecule has 0 aliphatic carbocycles. The third-order valence-corrected chi connectivity index (χ3v) is 3.56. The predicted octanol–water partition coefficient (Wildman–Crippen LogP) is 3.41. The summed E-state index contributed by atoms with van der Waals surface area (Å²) in [6, 6.07) is 12.5. The van der Waals surface area contributed by atoms with Gasteiger partial charge in [-0.1, -0.05) is 6.92 Å². The largest absolute Gasteiger partial charge is 0.494 e. The second-order valence-corrected chi connectivity index (χ2v) is 5.75. The molecule has 7 heteroatoms. The minimum Gasteiger partial charge on any atom is -0.494 e. The molecule has 0 bridgehead atoms. The van der Waals surface area contributed by atoms with Crippen molar-refractivity contribution in [3.05, 3.63) is 48.0 Å². The zero-order chi connectivity index (χ0) is 20.2. The number of methoxy groups -OCH3 is 1. The second kappa shape index (κ2) is 11.5. The maximum absolute atomic E-state index is 11.9. The van der Waals surface area contributed by atoms with Crippen LogP contribution in [0.25, 0.3) is 0 Å². The Labute approximate surface area is 165 Å². The number of hydrogen-bond donors (Lipinski definition) is 1. The minimum absolute atomic E-state index is 0.140. The summed E-state index contributed by atoms with van der Waals surface area (Å²) in [7, 11) is 1.58. The SMILES string of the molecule is CCCOc1ccc(/C=N\NC(=O)COc2ccc(OCC)cc2)cc1OC. The van der Waals surface area contributed by atoms with Crippen molar-refractivity contribution in [1.82, 2.24) is 5.43 Å². The number of carbonyl (C=O) groups is 1. The lowest BCUT2D eigenvalue weighted by atomic mass is 10.2. The number of hydrazone groups is 1. The maximum atomic E-state index is 11.9. The second-order valence-electron chi connectivity index (χ2n) is 5.75. The molecule has 1 amide bonds. The number of nitrogens with one attached hydrogen (secondary N) is 1. The van der Waals surface area contributed by atoms with Crippen molar-refractivity contribution in [1.29, 1.82) is 0 Å². The van der Waals surface area contributed by atoms with E-state index in [0.29, 0.717) is 30.5 Å². The molecule has 2 aromatic rings. The van der Waals surface area contributed by atoms with E-state index >= 15 is 0 Å². The molecule has 0 atom stereocenters. The summed E-state index contributed by atoms with van der Waals surface area (Å²) in [6.45, 7) is 5.03. The predicted molar refractivity (Wildman–Crippen MR) is 108 cm³/mol. The van der Waals surface area contributed by atoms with Gasteiger partial charge in [0.1, 0.15) is 11.5 Å². The molecule has 28 heavy (non-hydrogen) atoms. The number of ether oxygens (including phenoxy) is 4. The molecule has 0 saturated heterocycles. The molecule has 0 unspecified atom stereocenters. The van der Waals surface area contributed by atoms with Gasteiger partial charge in [0.2, 0.25) is 0 Å². The quantitative estimate of drug-likeness (QED) is 0.473. The first-order chi connectivity index (χ1) is 13.7. The number of benzene rings is 2. The Kier molecular flexibility index (Phi) is 8.65. The third-order valence-electron chi connectivity index (χ3n) is 3.56. The molecule has 0 heterocycles. The number of carbonyl (C=O) groups excluding carboxylic acids is 1. The van der Waals surface area contributed by atoms with Crippen LogP contribution in [-0.2, 0) is 4.79 Å². The van der Waals surface area contributed by atoms with Gasteiger partial charge in [-0.2, -0.15) is 5.10 Å². The average Bonchev–Trinajstić information content (AvgIpc) is 2.72. The van der Waals surface area contributed by atoms with Crippen LogP contribution in [0.1, 0.15) is 25.8 Å². The summed E-state index contributed by atoms with van der Waals surface area (Å²) in [5.74, 6) is 2.26. The van der Waals surface area contributed by atoms with Crippen molar-refractivity contribution < 1.29 is 23.7 Å². The summed E-state index contributed by atoms with van der Waals surface area (Å²) in [6.07, 6.45) is 2.44. The van der Waals surface area contributed by atoms with Gasteiger partial charge < -0.3 is 18.9 Å². The van der Waals surface area contributed by atoms with Gasteiger partial charge in [-0.25, -0.2) is 5.43 Å². The topological polar surface area (TPSA) is 78.4 Å². The van der Waals surface area contributed by atoms with E-state index in [1.807, 2.05) is 26.0 Å². The highest BCUT2D eigenvalue weighted by molar-refractivity contribution is 5.83. The van der Waals surface area contributed by atoms with Crippen LogP contribution in [-0.4, -0.2) is 39.1 Å². The molecule has 0 aromatic heterocycles. The number of amides is 1. The summed E-state index contributed by atoms with van der Waals surface area (Å²) in [5, 5.41) is 3.94. The molecule has 0 fully saturated rings. The van der Waals surface area contributed by atoms with E-state index in [2.05, 4.69) is 10.5 Å². The first-order valence-electron chi connectivity index (χ1n) is 9.14. The van der Waals surface area contributed by atoms with Crippen LogP contribution in [0.15, 0.2) is 47.6 Å². The highest BCUT2D eigenvalue weighted by Crippen LogP contribution is 2.27. The Morgan fingerprint density at radius 3 is 2.36 bits per heavy atom. The van der Waals surface area contributed by atoms with E-state index in [1.54, 1.807) is 37.4 Å². The van der Waals surface area contributed by atoms with E-state index < -0.39 is 0 Å². The summed E-state index contributed by atoms with van der Waals surface area (Å²) >= 11 is 0. The summed E-state index contributed by atoms with van der Waals surface area (Å²) < 4.78 is 21.7. The Morgan fingerprint density at radius 1 is 1.00 bits per heavy atom. The molecule has 2 rings (SSSR count). The van der Waals surface area contributed by atoms with Crippen LogP contribution < -0.4 is 24.4 Å². The molecule has 1 N–H and O–H groups in total. The molecular weight excluding hydrogens is 360 g/mol. The molecule has 0 aliphatic heterocycles. The van der Waals surface area contributed by atoms with E-state index in [0.717, 1.165) is 17.7 Å². The van der Waals surface area contributed by atoms with Gasteiger partial charge in [0.05, 0.1) is 26.5 Å². The lowest BCUT2D eigenvalue weighted by Crippen LogP contribution is -2.24. The van der Waals surface area contributed by atoms with Gasteiger partial charge in [-0.3, -0.25) is 4.79 Å². The number of rotatable bonds is 11. The Balaban J connectivity index is 1.82. The molecule has 0 spiro atoms. The Morgan fingerprint density at radius 2 is 1.71 bits per heavy atom. The standard InChI is InChI=1S/C21H26N2O5/c1-4-12-27-19-11-6-16(13-20(19)25-3)14-22-23-21(24)15-28-18-9-7-17(8-10-18)26-5-2/h6-11,13-14H,4-5,12,15H2,1-3H3,(H,23,24)/b22-14-. The maximum Gasteiger partial charge on any atom is 0.277 e. The Hall–Kier alpha value is -3.22. The molecule has 7 nitrogen and oxygen atoms in total. The van der Waals surface area contributed by atoms with Crippen molar-refractivity contribution >= 4 is 12.1 Å². The van der Waals surface area contributed by atoms with Crippen LogP contribution >= 0.6 is 0 Å². The monoisotopic (exact) mass is 386 g/mol. The van der Waals surface area contributed by atoms with Gasteiger partial charge in [-0.15, -0.1) is 0 Å². The smallest absolute Gasteiger partial charge is 0.277 e. The molecule has 2 aromatic carbocycles. The fraction of sp³-hybridized carbons (Fsp3) is 0.333. The normalized spacial score (nSPS) is 10.5. The first kappa shape index (κ1) is 21.1. The average molecular weight is 386 g/mol. The lowest BCUT2D eigenvalue weighted by Gasteiger charge is -2.10. The van der Waals surface area contributed by atoms with Crippen molar-refractivity contribution in [3.63, 3.8) is 0 Å². The Bertz CT molecular complexity index is 775. The van der Waals surface area contributed by atoms with Gasteiger partial charge in [0.15, 0.2) is 18.1 Å². The van der Waals surface area contributed by atoms with Crippen molar-refractivity contribution in [2.24, 2.45) is 5.10 Å². The van der Waals surface area contributed by atoms with Gasteiger partial charge in [0.25, 0.3) is 5.91 Å². The zero-order valence-corrected chi connectivity index (χ0v) is 16.4. The highest BCUT2D eigenvalue weighted by Gasteiger charge is 2.05. The van der Waals surface area contributed by atoms with Crippen LogP contribution in [0, 0.1) is 0 Å². The third kappa shape index (κ3) is 6.83. The van der Waals surface area contributed by atoms with E-state index in [-0.39, 0.29) is 12.5 Å². The van der Waals surface area contributed by atoms with E-state index in [1.165, 1.54) is 6.21 Å². The van der Waals surface area contributed by atoms with E-state index in [4.69, 9.17) is 18.9 Å². The van der Waals surface area contributed by atoms with E-state index in [9.17, 15) is 4.79 Å². The molecular formula is C21H26N2O5. The van der Waals surface area contributed by atoms with Crippen LogP contribution in [0.2, 0.25) is 0 Å². The first-order valence-corrected chi connectivity index (χ1v) is 9.14. The van der Waals surface area contributed by atoms with Gasteiger partial charge >= 0.3 is 0 Å². The summed E-state index contributed by atoms with van der Waals surface area (Å²) in [5.41, 5.74) is 3.20. The molecule has 0 saturated carbocycles. The summed E-state index contributed by atoms with van der Waals surface area (Å²) in [4.78, 5) is 11.9. The van der Waals surface area contributed by atoms with Crippen LogP contribution in [0.3, 0.4) is 0 Å². The van der Waals surface area contributed by atoms with Crippen molar-refractivity contribution in [3.8, 4) is 23.0 Å². The molecule has 0 radical (unpaired) electrons. The molecule has 150 valence electrons. The van der Waals surface area contributed by atoms with Gasteiger partial charge in [0, 0.05) is 0 Å². The number of hydrogen-bond acceptors (Lipinski definition) is 6. The van der Waals surface area contributed by atoms with Gasteiger partial charge in [-0.05, 0) is 61.4 Å². The number of nitrogens with zero attached hydrogens (tertiary/aromatic N) is 1. The van der Waals surface area contributed by atoms with Crippen molar-refractivity contribution in [2.45, 2.75) is 20.3 Å². The minimum atomic E-state index is -0.361. The zero-order valence-electron chi connectivity index (χ0n) is 16.4. The fourth-order valence-electron chi connectivity index (χ4n) is 2.25. The van der Waals surface area contributed by atoms with Crippen molar-refractivity contribution in [2.75, 3.05) is 26.9 Å². The fourth-order valence-corrected chi connectivity index (χ4v) is 2.25. The highest BCUT2D eigenvalue weighted by atomic mass is 16.5. The van der Waals surface area contributed by atoms with Crippen LogP contribution in [0.5, 0.6) is 23.0 Å². The van der Waals surface area contributed by atoms with Crippen LogP contribution in [0.4, 0.5) is 0 Å². The molecule has 0 aliphatic rings. The lowest BCUT2D eigenvalue weighted by molar-refractivity contribution is -0.123.